The minimum absolute atomic E-state index is 0.194. The first-order valence-electron chi connectivity index (χ1n) is 6.75. The summed E-state index contributed by atoms with van der Waals surface area (Å²) in [6.45, 7) is 6.34. The van der Waals surface area contributed by atoms with E-state index in [1.807, 2.05) is 0 Å². The minimum Gasteiger partial charge on any atom is -0.375 e. The molecule has 0 radical (unpaired) electrons. The van der Waals surface area contributed by atoms with Crippen molar-refractivity contribution < 1.29 is 4.74 Å². The first kappa shape index (κ1) is 12.9. The average Bonchev–Trinajstić information content (AvgIpc) is 2.92. The van der Waals surface area contributed by atoms with E-state index in [0.29, 0.717) is 18.5 Å². The Balaban J connectivity index is 1.84. The van der Waals surface area contributed by atoms with Crippen LogP contribution < -0.4 is 9.80 Å². The standard InChI is InChI=1S/C12H18ClN5O/c1-9-8-18(6-7-19-9)12-15-10(13)14-11(16-12)17-4-2-3-5-17/h9H,2-8H2,1H3. The molecule has 2 aliphatic heterocycles. The van der Waals surface area contributed by atoms with Crippen LogP contribution in [0.2, 0.25) is 5.28 Å². The van der Waals surface area contributed by atoms with E-state index in [1.165, 1.54) is 12.8 Å². The molecule has 6 nitrogen and oxygen atoms in total. The van der Waals surface area contributed by atoms with Gasteiger partial charge in [0.05, 0.1) is 12.7 Å². The summed E-state index contributed by atoms with van der Waals surface area (Å²) in [4.78, 5) is 17.3. The minimum atomic E-state index is 0.194. The highest BCUT2D eigenvalue weighted by molar-refractivity contribution is 6.28. The molecule has 0 aliphatic carbocycles. The van der Waals surface area contributed by atoms with Gasteiger partial charge in [0.25, 0.3) is 0 Å². The zero-order chi connectivity index (χ0) is 13.2. The number of rotatable bonds is 2. The molecule has 1 aromatic heterocycles. The fraction of sp³-hybridized carbons (Fsp3) is 0.750. The number of hydrogen-bond acceptors (Lipinski definition) is 6. The molecule has 0 spiro atoms. The molecular formula is C12H18ClN5O. The lowest BCUT2D eigenvalue weighted by Gasteiger charge is -2.31. The Bertz CT molecular complexity index is 452. The smallest absolute Gasteiger partial charge is 0.231 e. The number of anilines is 2. The van der Waals surface area contributed by atoms with Gasteiger partial charge in [-0.1, -0.05) is 0 Å². The Morgan fingerprint density at radius 2 is 1.74 bits per heavy atom. The predicted octanol–water partition coefficient (Wildman–Crippen LogP) is 1.35. The summed E-state index contributed by atoms with van der Waals surface area (Å²) < 4.78 is 5.53. The number of morpholine rings is 1. The molecule has 0 aromatic carbocycles. The van der Waals surface area contributed by atoms with Gasteiger partial charge in [-0.3, -0.25) is 0 Å². The van der Waals surface area contributed by atoms with E-state index in [2.05, 4.69) is 31.7 Å². The Morgan fingerprint density at radius 1 is 1.05 bits per heavy atom. The Kier molecular flexibility index (Phi) is 3.70. The highest BCUT2D eigenvalue weighted by Crippen LogP contribution is 2.21. The summed E-state index contributed by atoms with van der Waals surface area (Å²) in [5.41, 5.74) is 0. The van der Waals surface area contributed by atoms with Crippen molar-refractivity contribution in [1.82, 2.24) is 15.0 Å². The van der Waals surface area contributed by atoms with Gasteiger partial charge >= 0.3 is 0 Å². The van der Waals surface area contributed by atoms with Crippen molar-refractivity contribution in [2.24, 2.45) is 0 Å². The molecule has 3 heterocycles. The summed E-state index contributed by atoms with van der Waals surface area (Å²) in [6, 6.07) is 0. The topological polar surface area (TPSA) is 54.4 Å². The zero-order valence-electron chi connectivity index (χ0n) is 11.0. The third-order valence-electron chi connectivity index (χ3n) is 3.50. The van der Waals surface area contributed by atoms with Crippen LogP contribution in [0.5, 0.6) is 0 Å². The van der Waals surface area contributed by atoms with Crippen LogP contribution in [0.25, 0.3) is 0 Å². The zero-order valence-corrected chi connectivity index (χ0v) is 11.8. The van der Waals surface area contributed by atoms with Gasteiger partial charge < -0.3 is 14.5 Å². The highest BCUT2D eigenvalue weighted by atomic mass is 35.5. The van der Waals surface area contributed by atoms with Gasteiger partial charge in [-0.15, -0.1) is 0 Å². The van der Waals surface area contributed by atoms with Crippen LogP contribution in [-0.4, -0.2) is 53.8 Å². The lowest BCUT2D eigenvalue weighted by Crippen LogP contribution is -2.42. The summed E-state index contributed by atoms with van der Waals surface area (Å²) in [5.74, 6) is 1.36. The second-order valence-electron chi connectivity index (χ2n) is 5.03. The lowest BCUT2D eigenvalue weighted by atomic mass is 10.3. The molecule has 0 N–H and O–H groups in total. The third-order valence-corrected chi connectivity index (χ3v) is 3.67. The molecule has 2 saturated heterocycles. The molecule has 2 fully saturated rings. The second-order valence-corrected chi connectivity index (χ2v) is 5.36. The van der Waals surface area contributed by atoms with Gasteiger partial charge in [0.15, 0.2) is 0 Å². The Labute approximate surface area is 117 Å². The van der Waals surface area contributed by atoms with Crippen molar-refractivity contribution in [2.75, 3.05) is 42.6 Å². The number of ether oxygens (including phenoxy) is 1. The number of nitrogens with zero attached hydrogens (tertiary/aromatic N) is 5. The van der Waals surface area contributed by atoms with Crippen LogP contribution in [-0.2, 0) is 4.74 Å². The van der Waals surface area contributed by atoms with Crippen molar-refractivity contribution in [3.8, 4) is 0 Å². The molecule has 3 rings (SSSR count). The van der Waals surface area contributed by atoms with Crippen molar-refractivity contribution >= 4 is 23.5 Å². The van der Waals surface area contributed by atoms with Crippen LogP contribution in [0.1, 0.15) is 19.8 Å². The molecule has 1 aromatic rings. The normalized spacial score (nSPS) is 24.0. The summed E-state index contributed by atoms with van der Waals surface area (Å²) in [7, 11) is 0. The maximum Gasteiger partial charge on any atom is 0.231 e. The van der Waals surface area contributed by atoms with Crippen molar-refractivity contribution in [3.63, 3.8) is 0 Å². The molecule has 1 unspecified atom stereocenters. The number of halogens is 1. The van der Waals surface area contributed by atoms with Crippen molar-refractivity contribution in [3.05, 3.63) is 5.28 Å². The van der Waals surface area contributed by atoms with Gasteiger partial charge in [-0.25, -0.2) is 0 Å². The molecule has 1 atom stereocenters. The largest absolute Gasteiger partial charge is 0.375 e. The Hall–Kier alpha value is -1.14. The Morgan fingerprint density at radius 3 is 2.42 bits per heavy atom. The quantitative estimate of drug-likeness (QED) is 0.817. The van der Waals surface area contributed by atoms with E-state index in [-0.39, 0.29) is 11.4 Å². The van der Waals surface area contributed by atoms with Gasteiger partial charge in [-0.2, -0.15) is 15.0 Å². The first-order valence-corrected chi connectivity index (χ1v) is 7.13. The molecule has 2 aliphatic rings. The van der Waals surface area contributed by atoms with E-state index in [9.17, 15) is 0 Å². The molecular weight excluding hydrogens is 266 g/mol. The van der Waals surface area contributed by atoms with E-state index in [0.717, 1.165) is 26.2 Å². The van der Waals surface area contributed by atoms with E-state index in [4.69, 9.17) is 16.3 Å². The van der Waals surface area contributed by atoms with E-state index < -0.39 is 0 Å². The maximum absolute atomic E-state index is 6.04. The van der Waals surface area contributed by atoms with Crippen LogP contribution >= 0.6 is 11.6 Å². The van der Waals surface area contributed by atoms with Gasteiger partial charge in [0.2, 0.25) is 17.2 Å². The molecule has 19 heavy (non-hydrogen) atoms. The van der Waals surface area contributed by atoms with Crippen molar-refractivity contribution in [2.45, 2.75) is 25.9 Å². The summed E-state index contributed by atoms with van der Waals surface area (Å²) >= 11 is 6.04. The van der Waals surface area contributed by atoms with E-state index in [1.54, 1.807) is 0 Å². The molecule has 0 amide bonds. The monoisotopic (exact) mass is 283 g/mol. The maximum atomic E-state index is 6.04. The first-order chi connectivity index (χ1) is 9.22. The molecule has 104 valence electrons. The lowest BCUT2D eigenvalue weighted by molar-refractivity contribution is 0.0526. The SMILES string of the molecule is CC1CN(c2nc(Cl)nc(N3CCCC3)n2)CCO1. The summed E-state index contributed by atoms with van der Waals surface area (Å²) in [5, 5.41) is 0.269. The van der Waals surface area contributed by atoms with Crippen LogP contribution in [0, 0.1) is 0 Å². The number of aromatic nitrogens is 3. The van der Waals surface area contributed by atoms with Crippen LogP contribution in [0.4, 0.5) is 11.9 Å². The third kappa shape index (κ3) is 2.90. The molecule has 7 heteroatoms. The fourth-order valence-corrected chi connectivity index (χ4v) is 2.68. The van der Waals surface area contributed by atoms with E-state index >= 15 is 0 Å². The molecule has 0 bridgehead atoms. The van der Waals surface area contributed by atoms with Gasteiger partial charge in [-0.05, 0) is 31.4 Å². The van der Waals surface area contributed by atoms with Gasteiger partial charge in [0.1, 0.15) is 0 Å². The van der Waals surface area contributed by atoms with Crippen LogP contribution in [0.15, 0.2) is 0 Å². The molecule has 0 saturated carbocycles. The summed E-state index contributed by atoms with van der Waals surface area (Å²) in [6.07, 6.45) is 2.57. The second kappa shape index (κ2) is 5.46. The van der Waals surface area contributed by atoms with Crippen molar-refractivity contribution in [1.29, 1.82) is 0 Å². The van der Waals surface area contributed by atoms with Crippen LogP contribution in [0.3, 0.4) is 0 Å². The fourth-order valence-electron chi connectivity index (χ4n) is 2.53. The average molecular weight is 284 g/mol. The highest BCUT2D eigenvalue weighted by Gasteiger charge is 2.22. The van der Waals surface area contributed by atoms with Gasteiger partial charge in [0, 0.05) is 26.2 Å². The predicted molar refractivity (Wildman–Crippen MR) is 73.9 cm³/mol. The number of hydrogen-bond donors (Lipinski definition) is 0.